The predicted molar refractivity (Wildman–Crippen MR) is 73.7 cm³/mol. The van der Waals surface area contributed by atoms with Crippen LogP contribution < -0.4 is 5.73 Å². The van der Waals surface area contributed by atoms with E-state index in [0.29, 0.717) is 6.54 Å². The maximum atomic E-state index is 9.81. The zero-order chi connectivity index (χ0) is 14.3. The lowest BCUT2D eigenvalue weighted by Gasteiger charge is -2.39. The number of nitrogens with two attached hydrogens (primary N) is 1. The van der Waals surface area contributed by atoms with Gasteiger partial charge in [-0.2, -0.15) is 0 Å². The first-order valence-electron chi connectivity index (χ1n) is 6.74. The summed E-state index contributed by atoms with van der Waals surface area (Å²) in [5.41, 5.74) is 4.80. The summed E-state index contributed by atoms with van der Waals surface area (Å²) in [5, 5.41) is 38.1. The van der Waals surface area contributed by atoms with Gasteiger partial charge in [0.15, 0.2) is 0 Å². The maximum Gasteiger partial charge on any atom is 0.132 e. The molecular formula is C12H25NO5S. The van der Waals surface area contributed by atoms with Gasteiger partial charge >= 0.3 is 0 Å². The molecule has 1 saturated heterocycles. The molecule has 1 aliphatic heterocycles. The maximum absolute atomic E-state index is 9.81. The van der Waals surface area contributed by atoms with Crippen molar-refractivity contribution in [2.24, 2.45) is 5.73 Å². The molecule has 0 aliphatic carbocycles. The van der Waals surface area contributed by atoms with E-state index in [1.165, 1.54) is 11.8 Å². The second-order valence-electron chi connectivity index (χ2n) is 4.77. The molecular weight excluding hydrogens is 270 g/mol. The second kappa shape index (κ2) is 9.12. The molecule has 0 saturated carbocycles. The van der Waals surface area contributed by atoms with Crippen LogP contribution in [0.1, 0.15) is 25.7 Å². The van der Waals surface area contributed by atoms with Crippen LogP contribution in [0.15, 0.2) is 0 Å². The average Bonchev–Trinajstić information content (AvgIpc) is 2.42. The van der Waals surface area contributed by atoms with E-state index in [1.807, 2.05) is 0 Å². The number of hydrogen-bond donors (Lipinski definition) is 5. The molecule has 5 atom stereocenters. The van der Waals surface area contributed by atoms with E-state index in [2.05, 4.69) is 0 Å². The van der Waals surface area contributed by atoms with Crippen LogP contribution >= 0.6 is 11.8 Å². The van der Waals surface area contributed by atoms with E-state index in [9.17, 15) is 15.3 Å². The van der Waals surface area contributed by atoms with Crippen LogP contribution in [0.2, 0.25) is 0 Å². The quantitative estimate of drug-likeness (QED) is 0.366. The highest BCUT2D eigenvalue weighted by molar-refractivity contribution is 7.99. The van der Waals surface area contributed by atoms with Crippen molar-refractivity contribution in [2.75, 3.05) is 18.9 Å². The summed E-state index contributed by atoms with van der Waals surface area (Å²) in [6.45, 7) is 0.332. The summed E-state index contributed by atoms with van der Waals surface area (Å²) in [6, 6.07) is 0. The predicted octanol–water partition coefficient (Wildman–Crippen LogP) is -0.961. The average molecular weight is 295 g/mol. The number of rotatable bonds is 8. The van der Waals surface area contributed by atoms with Crippen molar-refractivity contribution in [3.63, 3.8) is 0 Å². The first-order chi connectivity index (χ1) is 9.11. The van der Waals surface area contributed by atoms with Crippen LogP contribution in [0, 0.1) is 0 Å². The summed E-state index contributed by atoms with van der Waals surface area (Å²) < 4.78 is 5.39. The third kappa shape index (κ3) is 5.18. The summed E-state index contributed by atoms with van der Waals surface area (Å²) in [4.78, 5) is 0. The van der Waals surface area contributed by atoms with E-state index in [0.717, 1.165) is 31.4 Å². The van der Waals surface area contributed by atoms with Gasteiger partial charge in [0, 0.05) is 0 Å². The fraction of sp³-hybridized carbons (Fsp3) is 1.00. The molecule has 1 fully saturated rings. The van der Waals surface area contributed by atoms with Gasteiger partial charge in [0.25, 0.3) is 0 Å². The Morgan fingerprint density at radius 1 is 0.947 bits per heavy atom. The molecule has 0 radical (unpaired) electrons. The lowest BCUT2D eigenvalue weighted by molar-refractivity contribution is -0.205. The van der Waals surface area contributed by atoms with Crippen LogP contribution in [0.5, 0.6) is 0 Å². The number of aliphatic hydroxyl groups is 4. The Morgan fingerprint density at radius 3 is 2.26 bits per heavy atom. The van der Waals surface area contributed by atoms with E-state index < -0.39 is 29.9 Å². The molecule has 0 aromatic heterocycles. The minimum atomic E-state index is -1.28. The Hall–Kier alpha value is 0.110. The first-order valence-corrected chi connectivity index (χ1v) is 7.79. The molecule has 1 rings (SSSR count). The van der Waals surface area contributed by atoms with Gasteiger partial charge < -0.3 is 30.9 Å². The Bertz CT molecular complexity index is 244. The van der Waals surface area contributed by atoms with Crippen LogP contribution in [0.4, 0.5) is 0 Å². The van der Waals surface area contributed by atoms with Crippen LogP contribution in [-0.2, 0) is 4.74 Å². The third-order valence-electron chi connectivity index (χ3n) is 3.23. The smallest absolute Gasteiger partial charge is 0.132 e. The molecule has 114 valence electrons. The number of thioether (sulfide) groups is 1. The standard InChI is InChI=1S/C12H25NO5S/c13-5-3-1-2-4-6-19-12-11(17)10(16)9(15)8(7-14)18-12/h8-12,14-17H,1-7,13H2/t8-,9+,10+,11+,12-/m1/s1. The molecule has 0 amide bonds. The number of hydrogen-bond acceptors (Lipinski definition) is 7. The third-order valence-corrected chi connectivity index (χ3v) is 4.47. The Morgan fingerprint density at radius 2 is 1.63 bits per heavy atom. The summed E-state index contributed by atoms with van der Waals surface area (Å²) >= 11 is 1.40. The Labute approximate surface area is 118 Å². The molecule has 6 N–H and O–H groups in total. The molecule has 1 aliphatic rings. The van der Waals surface area contributed by atoms with E-state index in [4.69, 9.17) is 15.6 Å². The number of unbranched alkanes of at least 4 members (excludes halogenated alkanes) is 3. The normalized spacial score (nSPS) is 35.5. The van der Waals surface area contributed by atoms with Crippen LogP contribution in [0.25, 0.3) is 0 Å². The lowest BCUT2D eigenvalue weighted by atomic mass is 10.0. The van der Waals surface area contributed by atoms with E-state index in [-0.39, 0.29) is 6.61 Å². The molecule has 0 aromatic rings. The number of aliphatic hydroxyl groups excluding tert-OH is 4. The highest BCUT2D eigenvalue weighted by Crippen LogP contribution is 2.29. The van der Waals surface area contributed by atoms with Crippen molar-refractivity contribution in [2.45, 2.75) is 55.5 Å². The van der Waals surface area contributed by atoms with Gasteiger partial charge in [-0.3, -0.25) is 0 Å². The molecule has 19 heavy (non-hydrogen) atoms. The molecule has 0 spiro atoms. The van der Waals surface area contributed by atoms with Gasteiger partial charge in [0.05, 0.1) is 6.61 Å². The lowest BCUT2D eigenvalue weighted by Crippen LogP contribution is -2.57. The monoisotopic (exact) mass is 295 g/mol. The minimum absolute atomic E-state index is 0.376. The van der Waals surface area contributed by atoms with Crippen LogP contribution in [0.3, 0.4) is 0 Å². The Balaban J connectivity index is 2.28. The van der Waals surface area contributed by atoms with Gasteiger partial charge in [-0.25, -0.2) is 0 Å². The summed E-state index contributed by atoms with van der Waals surface area (Å²) in [6.07, 6.45) is -0.334. The van der Waals surface area contributed by atoms with Gasteiger partial charge in [-0.1, -0.05) is 12.8 Å². The zero-order valence-electron chi connectivity index (χ0n) is 11.0. The van der Waals surface area contributed by atoms with Crippen molar-refractivity contribution < 1.29 is 25.2 Å². The fourth-order valence-electron chi connectivity index (χ4n) is 2.00. The molecule has 6 nitrogen and oxygen atoms in total. The van der Waals surface area contributed by atoms with Gasteiger partial charge in [0.1, 0.15) is 29.9 Å². The number of ether oxygens (including phenoxy) is 1. The van der Waals surface area contributed by atoms with Gasteiger partial charge in [0.2, 0.25) is 0 Å². The van der Waals surface area contributed by atoms with Crippen molar-refractivity contribution in [1.29, 1.82) is 0 Å². The van der Waals surface area contributed by atoms with E-state index in [1.54, 1.807) is 0 Å². The minimum Gasteiger partial charge on any atom is -0.394 e. The second-order valence-corrected chi connectivity index (χ2v) is 5.98. The molecule has 0 unspecified atom stereocenters. The molecule has 7 heteroatoms. The fourth-order valence-corrected chi connectivity index (χ4v) is 3.19. The van der Waals surface area contributed by atoms with Crippen molar-refractivity contribution in [3.8, 4) is 0 Å². The highest BCUT2D eigenvalue weighted by atomic mass is 32.2. The SMILES string of the molecule is NCCCCCCS[C@H]1O[C@H](CO)[C@H](O)[C@H](O)[C@@H]1O. The first kappa shape index (κ1) is 17.2. The van der Waals surface area contributed by atoms with Crippen LogP contribution in [-0.4, -0.2) is 69.2 Å². The summed E-state index contributed by atoms with van der Waals surface area (Å²) in [7, 11) is 0. The highest BCUT2D eigenvalue weighted by Gasteiger charge is 2.43. The largest absolute Gasteiger partial charge is 0.394 e. The van der Waals surface area contributed by atoms with Crippen molar-refractivity contribution >= 4 is 11.8 Å². The topological polar surface area (TPSA) is 116 Å². The van der Waals surface area contributed by atoms with Gasteiger partial charge in [-0.15, -0.1) is 11.8 Å². The Kier molecular flexibility index (Phi) is 8.24. The van der Waals surface area contributed by atoms with Crippen molar-refractivity contribution in [1.82, 2.24) is 0 Å². The summed E-state index contributed by atoms with van der Waals surface area (Å²) in [5.74, 6) is 0.799. The molecule has 0 bridgehead atoms. The van der Waals surface area contributed by atoms with Gasteiger partial charge in [-0.05, 0) is 25.1 Å². The van der Waals surface area contributed by atoms with E-state index >= 15 is 0 Å². The molecule has 0 aromatic carbocycles. The zero-order valence-corrected chi connectivity index (χ0v) is 11.8. The van der Waals surface area contributed by atoms with Crippen molar-refractivity contribution in [3.05, 3.63) is 0 Å². The molecule has 1 heterocycles.